The Kier molecular flexibility index (Phi) is 4.91. The average Bonchev–Trinajstić information content (AvgIpc) is 2.58. The molecular formula is C19H22F2N2. The van der Waals surface area contributed by atoms with Crippen LogP contribution < -0.4 is 10.2 Å². The maximum Gasteiger partial charge on any atom is 0.159 e. The average molecular weight is 316 g/mol. The third-order valence-electron chi connectivity index (χ3n) is 4.45. The molecule has 122 valence electrons. The van der Waals surface area contributed by atoms with Crippen LogP contribution in [0.4, 0.5) is 14.5 Å². The number of rotatable bonds is 4. The van der Waals surface area contributed by atoms with E-state index >= 15 is 0 Å². The molecule has 0 aromatic heterocycles. The summed E-state index contributed by atoms with van der Waals surface area (Å²) in [6, 6.07) is 13.0. The van der Waals surface area contributed by atoms with Crippen molar-refractivity contribution in [3.05, 3.63) is 65.2 Å². The van der Waals surface area contributed by atoms with Crippen LogP contribution in [-0.4, -0.2) is 19.1 Å². The molecule has 0 aliphatic carbocycles. The van der Waals surface area contributed by atoms with Gasteiger partial charge in [0, 0.05) is 18.3 Å². The molecule has 2 aromatic carbocycles. The number of halogens is 2. The van der Waals surface area contributed by atoms with Crippen LogP contribution in [-0.2, 0) is 6.54 Å². The van der Waals surface area contributed by atoms with Crippen molar-refractivity contribution in [3.8, 4) is 0 Å². The smallest absolute Gasteiger partial charge is 0.159 e. The molecule has 4 heteroatoms. The molecule has 0 radical (unpaired) electrons. The van der Waals surface area contributed by atoms with Gasteiger partial charge >= 0.3 is 0 Å². The summed E-state index contributed by atoms with van der Waals surface area (Å²) in [5, 5.41) is 3.37. The highest BCUT2D eigenvalue weighted by atomic mass is 19.2. The van der Waals surface area contributed by atoms with Crippen molar-refractivity contribution in [1.82, 2.24) is 5.32 Å². The number of hydrogen-bond donors (Lipinski definition) is 1. The summed E-state index contributed by atoms with van der Waals surface area (Å²) in [4.78, 5) is 2.31. The largest absolute Gasteiger partial charge is 0.364 e. The molecule has 1 aliphatic rings. The zero-order valence-corrected chi connectivity index (χ0v) is 13.4. The van der Waals surface area contributed by atoms with Crippen LogP contribution in [0.15, 0.2) is 42.5 Å². The fourth-order valence-electron chi connectivity index (χ4n) is 3.12. The van der Waals surface area contributed by atoms with Gasteiger partial charge in [0.05, 0.1) is 0 Å². The predicted molar refractivity (Wildman–Crippen MR) is 89.6 cm³/mol. The van der Waals surface area contributed by atoms with Crippen LogP contribution >= 0.6 is 0 Å². The van der Waals surface area contributed by atoms with Crippen molar-refractivity contribution in [2.24, 2.45) is 0 Å². The fourth-order valence-corrected chi connectivity index (χ4v) is 3.12. The molecule has 1 saturated heterocycles. The Labute approximate surface area is 136 Å². The second-order valence-corrected chi connectivity index (χ2v) is 6.19. The number of benzene rings is 2. The molecule has 0 bridgehead atoms. The standard InChI is InChI=1S/C19H22F2N2/c1-14-2-5-16(6-3-14)23(17-8-10-22-11-9-17)13-15-4-7-18(20)19(21)12-15/h2-7,12,17,22H,8-11,13H2,1H3. The van der Waals surface area contributed by atoms with Crippen LogP contribution in [0.5, 0.6) is 0 Å². The highest BCUT2D eigenvalue weighted by molar-refractivity contribution is 5.49. The van der Waals surface area contributed by atoms with E-state index in [-0.39, 0.29) is 0 Å². The van der Waals surface area contributed by atoms with Crippen molar-refractivity contribution in [1.29, 1.82) is 0 Å². The fraction of sp³-hybridized carbons (Fsp3) is 0.368. The summed E-state index contributed by atoms with van der Waals surface area (Å²) in [7, 11) is 0. The molecule has 0 amide bonds. The van der Waals surface area contributed by atoms with Gasteiger partial charge in [-0.3, -0.25) is 0 Å². The van der Waals surface area contributed by atoms with E-state index in [0.29, 0.717) is 12.6 Å². The summed E-state index contributed by atoms with van der Waals surface area (Å²) < 4.78 is 26.7. The summed E-state index contributed by atoms with van der Waals surface area (Å²) in [5.41, 5.74) is 3.14. The van der Waals surface area contributed by atoms with E-state index in [1.54, 1.807) is 6.07 Å². The number of aryl methyl sites for hydroxylation is 1. The number of piperidine rings is 1. The van der Waals surface area contributed by atoms with Crippen molar-refractivity contribution in [2.75, 3.05) is 18.0 Å². The molecule has 1 N–H and O–H groups in total. The van der Waals surface area contributed by atoms with Gasteiger partial charge in [0.15, 0.2) is 11.6 Å². The van der Waals surface area contributed by atoms with E-state index in [4.69, 9.17) is 0 Å². The Bertz CT molecular complexity index is 649. The van der Waals surface area contributed by atoms with Crippen molar-refractivity contribution in [3.63, 3.8) is 0 Å². The molecule has 0 saturated carbocycles. The summed E-state index contributed by atoms with van der Waals surface area (Å²) >= 11 is 0. The number of nitrogens with one attached hydrogen (secondary N) is 1. The Balaban J connectivity index is 1.87. The van der Waals surface area contributed by atoms with Gasteiger partial charge in [0.1, 0.15) is 0 Å². The Hall–Kier alpha value is -1.94. The molecule has 2 aromatic rings. The van der Waals surface area contributed by atoms with E-state index in [0.717, 1.165) is 37.2 Å². The minimum atomic E-state index is -0.794. The van der Waals surface area contributed by atoms with Crippen LogP contribution in [0, 0.1) is 18.6 Å². The first-order valence-corrected chi connectivity index (χ1v) is 8.11. The van der Waals surface area contributed by atoms with Crippen LogP contribution in [0.25, 0.3) is 0 Å². The van der Waals surface area contributed by atoms with Gasteiger partial charge in [-0.1, -0.05) is 23.8 Å². The van der Waals surface area contributed by atoms with E-state index < -0.39 is 11.6 Å². The van der Waals surface area contributed by atoms with Crippen LogP contribution in [0.1, 0.15) is 24.0 Å². The molecule has 1 heterocycles. The normalized spacial score (nSPS) is 15.6. The highest BCUT2D eigenvalue weighted by Crippen LogP contribution is 2.25. The van der Waals surface area contributed by atoms with Gasteiger partial charge < -0.3 is 10.2 Å². The Morgan fingerprint density at radius 3 is 2.35 bits per heavy atom. The van der Waals surface area contributed by atoms with Gasteiger partial charge in [0.2, 0.25) is 0 Å². The minimum Gasteiger partial charge on any atom is -0.364 e. The van der Waals surface area contributed by atoms with E-state index in [2.05, 4.69) is 41.4 Å². The highest BCUT2D eigenvalue weighted by Gasteiger charge is 2.22. The summed E-state index contributed by atoms with van der Waals surface area (Å²) in [6.07, 6.45) is 2.11. The molecule has 0 unspecified atom stereocenters. The SMILES string of the molecule is Cc1ccc(N(Cc2ccc(F)c(F)c2)C2CCNCC2)cc1. The number of hydrogen-bond acceptors (Lipinski definition) is 2. The third kappa shape index (κ3) is 3.88. The lowest BCUT2D eigenvalue weighted by atomic mass is 10.0. The molecule has 0 spiro atoms. The van der Waals surface area contributed by atoms with Crippen molar-refractivity contribution < 1.29 is 8.78 Å². The molecular weight excluding hydrogens is 294 g/mol. The van der Waals surface area contributed by atoms with E-state index in [1.807, 2.05) is 0 Å². The second-order valence-electron chi connectivity index (χ2n) is 6.19. The van der Waals surface area contributed by atoms with E-state index in [9.17, 15) is 8.78 Å². The molecule has 0 atom stereocenters. The van der Waals surface area contributed by atoms with Gasteiger partial charge in [-0.05, 0) is 62.7 Å². The molecule has 3 rings (SSSR count). The Morgan fingerprint density at radius 1 is 1.00 bits per heavy atom. The second kappa shape index (κ2) is 7.09. The maximum atomic E-state index is 13.5. The first kappa shape index (κ1) is 15.9. The lowest BCUT2D eigenvalue weighted by molar-refractivity contribution is 0.427. The lowest BCUT2D eigenvalue weighted by Crippen LogP contribution is -2.43. The summed E-state index contributed by atoms with van der Waals surface area (Å²) in [5.74, 6) is -1.57. The molecule has 23 heavy (non-hydrogen) atoms. The van der Waals surface area contributed by atoms with Gasteiger partial charge in [0.25, 0.3) is 0 Å². The first-order valence-electron chi connectivity index (χ1n) is 8.11. The third-order valence-corrected chi connectivity index (χ3v) is 4.45. The van der Waals surface area contributed by atoms with Gasteiger partial charge in [-0.2, -0.15) is 0 Å². The Morgan fingerprint density at radius 2 is 1.70 bits per heavy atom. The van der Waals surface area contributed by atoms with Gasteiger partial charge in [-0.25, -0.2) is 8.78 Å². The van der Waals surface area contributed by atoms with Crippen molar-refractivity contribution in [2.45, 2.75) is 32.4 Å². The molecule has 1 fully saturated rings. The van der Waals surface area contributed by atoms with Crippen molar-refractivity contribution >= 4 is 5.69 Å². The van der Waals surface area contributed by atoms with E-state index in [1.165, 1.54) is 17.7 Å². The molecule has 1 aliphatic heterocycles. The predicted octanol–water partition coefficient (Wildman–Crippen LogP) is 4.03. The van der Waals surface area contributed by atoms with Crippen LogP contribution in [0.3, 0.4) is 0 Å². The monoisotopic (exact) mass is 316 g/mol. The quantitative estimate of drug-likeness (QED) is 0.916. The maximum absolute atomic E-state index is 13.5. The van der Waals surface area contributed by atoms with Gasteiger partial charge in [-0.15, -0.1) is 0 Å². The number of nitrogens with zero attached hydrogens (tertiary/aromatic N) is 1. The first-order chi connectivity index (χ1) is 11.1. The molecule has 2 nitrogen and oxygen atoms in total. The topological polar surface area (TPSA) is 15.3 Å². The minimum absolute atomic E-state index is 0.409. The zero-order chi connectivity index (χ0) is 16.2. The number of anilines is 1. The lowest BCUT2D eigenvalue weighted by Gasteiger charge is -2.36. The summed E-state index contributed by atoms with van der Waals surface area (Å²) in [6.45, 7) is 4.63. The zero-order valence-electron chi connectivity index (χ0n) is 13.4. The van der Waals surface area contributed by atoms with Crippen LogP contribution in [0.2, 0.25) is 0 Å².